The molecule has 0 bridgehead atoms. The first kappa shape index (κ1) is 16.5. The molecule has 1 atom stereocenters. The van der Waals surface area contributed by atoms with Gasteiger partial charge < -0.3 is 0 Å². The molecule has 0 aliphatic heterocycles. The summed E-state index contributed by atoms with van der Waals surface area (Å²) in [4.78, 5) is 0. The molecule has 0 heterocycles. The Labute approximate surface area is 109 Å². The second-order valence-corrected chi connectivity index (χ2v) is 4.98. The summed E-state index contributed by atoms with van der Waals surface area (Å²) in [6.45, 7) is 10.2. The largest absolute Gasteiger partial charge is 0.0879 e. The third-order valence-electron chi connectivity index (χ3n) is 3.25. The first-order valence-corrected chi connectivity index (χ1v) is 7.56. The maximum Gasteiger partial charge on any atom is -0.00504 e. The number of allylic oxidation sites excluding steroid dienone is 3. The third-order valence-corrected chi connectivity index (χ3v) is 3.25. The molecule has 0 aliphatic carbocycles. The molecule has 0 rings (SSSR count). The first-order chi connectivity index (χ1) is 8.35. The van der Waals surface area contributed by atoms with Gasteiger partial charge in [-0.25, -0.2) is 0 Å². The quantitative estimate of drug-likeness (QED) is 0.284. The van der Waals surface area contributed by atoms with Gasteiger partial charge in [-0.2, -0.15) is 0 Å². The molecule has 1 radical (unpaired) electrons. The van der Waals surface area contributed by atoms with Crippen molar-refractivity contribution in [2.24, 2.45) is 5.92 Å². The maximum atomic E-state index is 5.67. The van der Waals surface area contributed by atoms with Gasteiger partial charge in [-0.3, -0.25) is 0 Å². The lowest BCUT2D eigenvalue weighted by atomic mass is 9.99. The molecule has 0 aromatic carbocycles. The van der Waals surface area contributed by atoms with Gasteiger partial charge in [0.15, 0.2) is 0 Å². The number of hydrogen-bond donors (Lipinski definition) is 0. The summed E-state index contributed by atoms with van der Waals surface area (Å²) in [6.07, 6.45) is 19.7. The Bertz CT molecular complexity index is 178. The highest BCUT2D eigenvalue weighted by atomic mass is 14.0. The molecule has 0 nitrogen and oxygen atoms in total. The second-order valence-electron chi connectivity index (χ2n) is 4.98. The summed E-state index contributed by atoms with van der Waals surface area (Å²) < 4.78 is 0. The molecule has 0 saturated heterocycles. The van der Waals surface area contributed by atoms with E-state index in [1.54, 1.807) is 0 Å². The molecule has 0 amide bonds. The molecule has 0 spiro atoms. The molecule has 17 heavy (non-hydrogen) atoms. The van der Waals surface area contributed by atoms with E-state index in [-0.39, 0.29) is 0 Å². The summed E-state index contributed by atoms with van der Waals surface area (Å²) in [7, 11) is 0. The van der Waals surface area contributed by atoms with E-state index < -0.39 is 0 Å². The van der Waals surface area contributed by atoms with Gasteiger partial charge in [-0.1, -0.05) is 83.6 Å². The van der Waals surface area contributed by atoms with Crippen molar-refractivity contribution in [3.63, 3.8) is 0 Å². The lowest BCUT2D eigenvalue weighted by Gasteiger charge is -2.06. The Morgan fingerprint density at radius 1 is 0.882 bits per heavy atom. The fourth-order valence-electron chi connectivity index (χ4n) is 2.02. The molecule has 0 heteroatoms. The van der Waals surface area contributed by atoms with Gasteiger partial charge in [0.05, 0.1) is 0 Å². The fourth-order valence-corrected chi connectivity index (χ4v) is 2.02. The Kier molecular flexibility index (Phi) is 13.1. The van der Waals surface area contributed by atoms with Gasteiger partial charge in [0.1, 0.15) is 0 Å². The van der Waals surface area contributed by atoms with Crippen LogP contribution >= 0.6 is 0 Å². The van der Waals surface area contributed by atoms with Crippen molar-refractivity contribution < 1.29 is 0 Å². The van der Waals surface area contributed by atoms with Crippen LogP contribution in [0.4, 0.5) is 0 Å². The topological polar surface area (TPSA) is 0 Å². The fraction of sp³-hybridized carbons (Fsp3) is 0.765. The highest BCUT2D eigenvalue weighted by molar-refractivity contribution is 4.95. The summed E-state index contributed by atoms with van der Waals surface area (Å²) in [5, 5.41) is 0. The minimum absolute atomic E-state index is 0.498. The Morgan fingerprint density at radius 2 is 1.53 bits per heavy atom. The lowest BCUT2D eigenvalue weighted by molar-refractivity contribution is 0.588. The highest BCUT2D eigenvalue weighted by Crippen LogP contribution is 2.14. The summed E-state index contributed by atoms with van der Waals surface area (Å²) in [5.74, 6) is 0.498. The highest BCUT2D eigenvalue weighted by Gasteiger charge is 1.98. The Morgan fingerprint density at radius 3 is 2.12 bits per heavy atom. The molecular weight excluding hydrogens is 204 g/mol. The van der Waals surface area contributed by atoms with Crippen molar-refractivity contribution in [2.75, 3.05) is 0 Å². The predicted molar refractivity (Wildman–Crippen MR) is 79.0 cm³/mol. The van der Waals surface area contributed by atoms with Crippen LogP contribution in [0, 0.1) is 12.5 Å². The van der Waals surface area contributed by atoms with Crippen molar-refractivity contribution in [2.45, 2.75) is 78.1 Å². The van der Waals surface area contributed by atoms with E-state index in [9.17, 15) is 0 Å². The summed E-state index contributed by atoms with van der Waals surface area (Å²) in [6, 6.07) is 0. The van der Waals surface area contributed by atoms with Crippen molar-refractivity contribution in [3.8, 4) is 0 Å². The Balaban J connectivity index is 3.51. The zero-order chi connectivity index (χ0) is 12.8. The van der Waals surface area contributed by atoms with Crippen molar-refractivity contribution >= 4 is 0 Å². The molecule has 1 unspecified atom stereocenters. The van der Waals surface area contributed by atoms with E-state index in [0.717, 1.165) is 0 Å². The number of rotatable bonds is 12. The van der Waals surface area contributed by atoms with Crippen molar-refractivity contribution in [1.82, 2.24) is 0 Å². The van der Waals surface area contributed by atoms with E-state index in [4.69, 9.17) is 6.58 Å². The van der Waals surface area contributed by atoms with E-state index in [2.05, 4.69) is 26.0 Å². The van der Waals surface area contributed by atoms with Crippen LogP contribution in [0.1, 0.15) is 78.1 Å². The zero-order valence-corrected chi connectivity index (χ0v) is 12.0. The van der Waals surface area contributed by atoms with Gasteiger partial charge in [0, 0.05) is 0 Å². The van der Waals surface area contributed by atoms with Crippen molar-refractivity contribution in [1.29, 1.82) is 0 Å². The third kappa shape index (κ3) is 11.7. The molecule has 0 aromatic rings. The van der Waals surface area contributed by atoms with Crippen LogP contribution in [0.3, 0.4) is 0 Å². The molecule has 0 fully saturated rings. The van der Waals surface area contributed by atoms with Gasteiger partial charge in [0.25, 0.3) is 0 Å². The predicted octanol–water partition coefficient (Wildman–Crippen LogP) is 6.09. The minimum atomic E-state index is 0.498. The molecule has 0 aromatic heterocycles. The SMILES string of the molecule is [CH]=CC(C=CCCCCCC)CCCCCC. The van der Waals surface area contributed by atoms with E-state index in [1.165, 1.54) is 64.2 Å². The van der Waals surface area contributed by atoms with Gasteiger partial charge in [-0.05, 0) is 25.2 Å². The average Bonchev–Trinajstić information content (AvgIpc) is 2.36. The van der Waals surface area contributed by atoms with Crippen molar-refractivity contribution in [3.05, 3.63) is 24.8 Å². The normalized spacial score (nSPS) is 13.1. The minimum Gasteiger partial charge on any atom is -0.0879 e. The Hall–Kier alpha value is -0.520. The van der Waals surface area contributed by atoms with Crippen LogP contribution in [0.25, 0.3) is 0 Å². The molecule has 0 saturated carbocycles. The molecule has 0 aliphatic rings. The summed E-state index contributed by atoms with van der Waals surface area (Å²) in [5.41, 5.74) is 0. The van der Waals surface area contributed by atoms with E-state index in [1.807, 2.05) is 6.08 Å². The van der Waals surface area contributed by atoms with Crippen LogP contribution in [0.5, 0.6) is 0 Å². The molecule has 0 N–H and O–H groups in total. The van der Waals surface area contributed by atoms with Crippen LogP contribution < -0.4 is 0 Å². The number of hydrogen-bond acceptors (Lipinski definition) is 0. The van der Waals surface area contributed by atoms with Crippen LogP contribution in [-0.2, 0) is 0 Å². The van der Waals surface area contributed by atoms with Crippen LogP contribution in [0.15, 0.2) is 18.2 Å². The monoisotopic (exact) mass is 235 g/mol. The van der Waals surface area contributed by atoms with Gasteiger partial charge >= 0.3 is 0 Å². The lowest BCUT2D eigenvalue weighted by Crippen LogP contribution is -1.91. The standard InChI is InChI=1S/C17H31/c1-4-7-9-11-12-14-16-17(6-3)15-13-10-8-5-2/h3,6,14,16-17H,4-5,7-13,15H2,1-2H3. The number of unbranched alkanes of at least 4 members (excludes halogenated alkanes) is 7. The average molecular weight is 235 g/mol. The zero-order valence-electron chi connectivity index (χ0n) is 12.0. The molecular formula is C17H31. The molecule has 99 valence electrons. The van der Waals surface area contributed by atoms with E-state index in [0.29, 0.717) is 5.92 Å². The maximum absolute atomic E-state index is 5.67. The second kappa shape index (κ2) is 13.5. The van der Waals surface area contributed by atoms with Gasteiger partial charge in [0.2, 0.25) is 0 Å². The van der Waals surface area contributed by atoms with Crippen LogP contribution in [-0.4, -0.2) is 0 Å². The first-order valence-electron chi connectivity index (χ1n) is 7.56. The summed E-state index contributed by atoms with van der Waals surface area (Å²) >= 11 is 0. The van der Waals surface area contributed by atoms with E-state index >= 15 is 0 Å². The smallest absolute Gasteiger partial charge is 0.00504 e. The van der Waals surface area contributed by atoms with Gasteiger partial charge in [-0.15, -0.1) is 0 Å². The van der Waals surface area contributed by atoms with Crippen LogP contribution in [0.2, 0.25) is 0 Å².